The predicted molar refractivity (Wildman–Crippen MR) is 281 cm³/mol. The van der Waals surface area contributed by atoms with Gasteiger partial charge in [0.2, 0.25) is 0 Å². The van der Waals surface area contributed by atoms with Gasteiger partial charge in [0, 0.05) is 77.1 Å². The molecular weight excluding hydrogens is 901 g/mol. The number of methoxy groups -OCH3 is 1. The average molecular weight is 949 g/mol. The van der Waals surface area contributed by atoms with E-state index in [1.807, 2.05) is 169 Å². The highest BCUT2D eigenvalue weighted by atomic mass is 16.5. The molecule has 354 valence electrons. The lowest BCUT2D eigenvalue weighted by atomic mass is 9.97. The molecule has 0 aliphatic heterocycles. The molecule has 0 amide bonds. The van der Waals surface area contributed by atoms with Gasteiger partial charge in [-0.15, -0.1) is 0 Å². The molecule has 12 rings (SSSR count). The number of aromatic amines is 1. The number of imidazole rings is 1. The molecule has 0 radical (unpaired) electrons. The Morgan fingerprint density at radius 1 is 0.625 bits per heavy atom. The summed E-state index contributed by atoms with van der Waals surface area (Å²) < 4.78 is 16.4. The number of ether oxygens (including phenoxy) is 2. The van der Waals surface area contributed by atoms with Crippen LogP contribution in [0.1, 0.15) is 29.8 Å². The molecule has 9 heterocycles. The van der Waals surface area contributed by atoms with E-state index in [2.05, 4.69) is 39.2 Å². The van der Waals surface area contributed by atoms with Crippen LogP contribution >= 0.6 is 0 Å². The van der Waals surface area contributed by atoms with Crippen LogP contribution in [0.15, 0.2) is 175 Å². The number of carbonyl (C=O) groups excluding carboxylic acids is 1. The van der Waals surface area contributed by atoms with E-state index in [-0.39, 0.29) is 11.7 Å². The lowest BCUT2D eigenvalue weighted by Gasteiger charge is -2.11. The van der Waals surface area contributed by atoms with Gasteiger partial charge in [0.15, 0.2) is 0 Å². The van der Waals surface area contributed by atoms with Crippen LogP contribution < -0.4 is 10.4 Å². The smallest absolute Gasteiger partial charge is 0.326 e. The Morgan fingerprint density at radius 3 is 1.83 bits per heavy atom. The summed E-state index contributed by atoms with van der Waals surface area (Å²) in [6, 6.07) is 48.0. The molecular formula is C58H48N10O4. The summed E-state index contributed by atoms with van der Waals surface area (Å²) in [5, 5.41) is 11.8. The van der Waals surface area contributed by atoms with Crippen LogP contribution in [-0.2, 0) is 22.5 Å². The van der Waals surface area contributed by atoms with Crippen molar-refractivity contribution < 1.29 is 14.3 Å². The maximum Gasteiger partial charge on any atom is 0.326 e. The highest BCUT2D eigenvalue weighted by Crippen LogP contribution is 2.40. The molecule has 3 aromatic carbocycles. The third-order valence-corrected chi connectivity index (χ3v) is 12.7. The summed E-state index contributed by atoms with van der Waals surface area (Å²) >= 11 is 0. The maximum atomic E-state index is 12.3. The minimum Gasteiger partial charge on any atom is -0.493 e. The number of pyridine rings is 6. The van der Waals surface area contributed by atoms with Crippen molar-refractivity contribution in [1.82, 2.24) is 48.7 Å². The standard InChI is InChI=1S/C32H26N6O2.C26H22N4O2/c1-21-8-6-10-26(34-21)31-30(29-12-4-5-18-38(29)36-31)24-15-16-33-27-20-22(13-14-23(24)27)40-19-7-17-37-28-11-3-2-9-25(28)35-32(37)39;1-17-6-5-7-21(28-17)26-25(23-8-3-4-15-30(23)29-26)20-13-14-27-22-16-18(9-11-19(20)22)10-12-24(31)32-2/h2-6,8-16,18,20H,7,17,19H2,1H3,(H,35,39);3-9,11,13-16H,10,12H2,1-2H3. The van der Waals surface area contributed by atoms with Crippen molar-refractivity contribution in [3.05, 3.63) is 198 Å². The van der Waals surface area contributed by atoms with Gasteiger partial charge in [-0.1, -0.05) is 48.5 Å². The first-order chi connectivity index (χ1) is 35.3. The molecule has 0 aliphatic carbocycles. The molecule has 0 bridgehead atoms. The van der Waals surface area contributed by atoms with Gasteiger partial charge in [-0.05, 0) is 134 Å². The quantitative estimate of drug-likeness (QED) is 0.0922. The van der Waals surface area contributed by atoms with Crippen molar-refractivity contribution in [2.24, 2.45) is 0 Å². The van der Waals surface area contributed by atoms with Crippen LogP contribution in [0.5, 0.6) is 5.75 Å². The highest BCUT2D eigenvalue weighted by Gasteiger charge is 2.22. The molecule has 9 aromatic heterocycles. The van der Waals surface area contributed by atoms with Gasteiger partial charge in [0.25, 0.3) is 0 Å². The minimum atomic E-state index is -0.214. The third-order valence-electron chi connectivity index (χ3n) is 12.7. The zero-order valence-corrected chi connectivity index (χ0v) is 39.9. The Morgan fingerprint density at radius 2 is 1.21 bits per heavy atom. The summed E-state index contributed by atoms with van der Waals surface area (Å²) in [4.78, 5) is 45.5. The topological polar surface area (TPSA) is 159 Å². The van der Waals surface area contributed by atoms with E-state index in [4.69, 9.17) is 29.6 Å². The molecule has 0 spiro atoms. The number of rotatable bonds is 12. The zero-order valence-electron chi connectivity index (χ0n) is 39.9. The lowest BCUT2D eigenvalue weighted by Crippen LogP contribution is -2.18. The van der Waals surface area contributed by atoms with E-state index in [1.165, 1.54) is 7.11 Å². The third kappa shape index (κ3) is 8.92. The van der Waals surface area contributed by atoms with Crippen LogP contribution in [0.25, 0.3) is 88.9 Å². The van der Waals surface area contributed by atoms with Crippen molar-refractivity contribution in [3.63, 3.8) is 0 Å². The van der Waals surface area contributed by atoms with Crippen molar-refractivity contribution in [2.45, 2.75) is 39.7 Å². The summed E-state index contributed by atoms with van der Waals surface area (Å²) in [6.45, 7) is 5.02. The average Bonchev–Trinajstić information content (AvgIpc) is 4.10. The number of benzene rings is 3. The normalized spacial score (nSPS) is 11.4. The van der Waals surface area contributed by atoms with Gasteiger partial charge in [-0.25, -0.2) is 13.8 Å². The van der Waals surface area contributed by atoms with Crippen molar-refractivity contribution in [3.8, 4) is 50.8 Å². The van der Waals surface area contributed by atoms with Crippen molar-refractivity contribution in [1.29, 1.82) is 0 Å². The second-order valence-corrected chi connectivity index (χ2v) is 17.5. The van der Waals surface area contributed by atoms with E-state index in [0.717, 1.165) is 112 Å². The van der Waals surface area contributed by atoms with E-state index < -0.39 is 0 Å². The number of carbonyl (C=O) groups is 1. The zero-order chi connectivity index (χ0) is 49.1. The monoisotopic (exact) mass is 948 g/mol. The largest absolute Gasteiger partial charge is 0.493 e. The Hall–Kier alpha value is -9.30. The number of aryl methyl sites for hydroxylation is 4. The Balaban J connectivity index is 0.000000160. The maximum absolute atomic E-state index is 12.3. The van der Waals surface area contributed by atoms with E-state index in [9.17, 15) is 9.59 Å². The number of esters is 1. The molecule has 14 heteroatoms. The minimum absolute atomic E-state index is 0.100. The molecule has 0 aliphatic rings. The Bertz CT molecular complexity index is 4040. The Labute approximate surface area is 413 Å². The summed E-state index contributed by atoms with van der Waals surface area (Å²) in [5.41, 5.74) is 15.8. The van der Waals surface area contributed by atoms with Crippen LogP contribution in [0.4, 0.5) is 0 Å². The molecule has 0 saturated heterocycles. The van der Waals surface area contributed by atoms with Crippen LogP contribution in [0, 0.1) is 13.8 Å². The number of para-hydroxylation sites is 2. The number of hydrogen-bond donors (Lipinski definition) is 1. The summed E-state index contributed by atoms with van der Waals surface area (Å²) in [5.74, 6) is 0.525. The van der Waals surface area contributed by atoms with Gasteiger partial charge in [0.05, 0.1) is 58.2 Å². The number of H-pyrrole nitrogens is 1. The van der Waals surface area contributed by atoms with Gasteiger partial charge in [-0.3, -0.25) is 29.3 Å². The first-order valence-electron chi connectivity index (χ1n) is 23.8. The van der Waals surface area contributed by atoms with E-state index >= 15 is 0 Å². The fourth-order valence-electron chi connectivity index (χ4n) is 9.33. The summed E-state index contributed by atoms with van der Waals surface area (Å²) in [7, 11) is 1.41. The molecule has 0 unspecified atom stereocenters. The van der Waals surface area contributed by atoms with Gasteiger partial charge in [0.1, 0.15) is 17.1 Å². The fraction of sp³-hybridized carbons (Fsp3) is 0.138. The lowest BCUT2D eigenvalue weighted by molar-refractivity contribution is -0.140. The van der Waals surface area contributed by atoms with Crippen LogP contribution in [0.2, 0.25) is 0 Å². The number of nitrogens with zero attached hydrogens (tertiary/aromatic N) is 9. The molecule has 14 nitrogen and oxygen atoms in total. The molecule has 0 saturated carbocycles. The highest BCUT2D eigenvalue weighted by molar-refractivity contribution is 6.04. The van der Waals surface area contributed by atoms with E-state index in [1.54, 1.807) is 4.57 Å². The number of fused-ring (bicyclic) bond motifs is 5. The van der Waals surface area contributed by atoms with Gasteiger partial charge < -0.3 is 14.5 Å². The second-order valence-electron chi connectivity index (χ2n) is 17.5. The van der Waals surface area contributed by atoms with Crippen LogP contribution in [0.3, 0.4) is 0 Å². The van der Waals surface area contributed by atoms with Gasteiger partial charge >= 0.3 is 11.7 Å². The van der Waals surface area contributed by atoms with Crippen molar-refractivity contribution in [2.75, 3.05) is 13.7 Å². The first kappa shape index (κ1) is 45.2. The van der Waals surface area contributed by atoms with Crippen molar-refractivity contribution >= 4 is 49.8 Å². The molecule has 12 aromatic rings. The molecule has 0 atom stereocenters. The van der Waals surface area contributed by atoms with Gasteiger partial charge in [-0.2, -0.15) is 10.2 Å². The summed E-state index contributed by atoms with van der Waals surface area (Å²) in [6.07, 6.45) is 9.21. The number of hydrogen-bond acceptors (Lipinski definition) is 10. The molecule has 72 heavy (non-hydrogen) atoms. The SMILES string of the molecule is COC(=O)CCc1ccc2c(-c3c(-c4cccc(C)n4)nn4ccccc34)ccnc2c1.Cc1cccc(-c2nn3ccccc3c2-c2ccnc3cc(OCCCn4c(=O)[nH]c5ccccc54)ccc23)n1. The first-order valence-corrected chi connectivity index (χ1v) is 23.8. The van der Waals surface area contributed by atoms with Crippen LogP contribution in [-0.4, -0.2) is 68.4 Å². The van der Waals surface area contributed by atoms with E-state index in [0.29, 0.717) is 32.4 Å². The predicted octanol–water partition coefficient (Wildman–Crippen LogP) is 11.1. The second kappa shape index (κ2) is 19.6. The fourth-order valence-corrected chi connectivity index (χ4v) is 9.33. The Kier molecular flexibility index (Phi) is 12.3. The number of aromatic nitrogens is 10. The molecule has 1 N–H and O–H groups in total. The molecule has 0 fully saturated rings. The number of nitrogens with one attached hydrogen (secondary N) is 1.